The summed E-state index contributed by atoms with van der Waals surface area (Å²) in [5.41, 5.74) is 4.54. The van der Waals surface area contributed by atoms with Gasteiger partial charge in [-0.1, -0.05) is 42.8 Å². The summed E-state index contributed by atoms with van der Waals surface area (Å²) < 4.78 is 17.8. The SMILES string of the molecule is CC[C@@H](C)Oc1cc2c(cc1OC)CC(=O)N(c1ccc(C(C)N(CC)C(=O)OC3CCNCC3)cc1)C2c1ccc(Cl)cc1. The summed E-state index contributed by atoms with van der Waals surface area (Å²) >= 11 is 6.28. The molecule has 0 radical (unpaired) electrons. The number of rotatable bonds is 10. The molecule has 0 bridgehead atoms. The van der Waals surface area contributed by atoms with E-state index in [0.717, 1.165) is 60.3 Å². The highest BCUT2D eigenvalue weighted by molar-refractivity contribution is 6.30. The average Bonchev–Trinajstić information content (AvgIpc) is 3.05. The number of carbonyl (C=O) groups excluding carboxylic acids is 2. The summed E-state index contributed by atoms with van der Waals surface area (Å²) in [6.07, 6.45) is 2.37. The van der Waals surface area contributed by atoms with E-state index in [4.69, 9.17) is 25.8 Å². The van der Waals surface area contributed by atoms with Crippen LogP contribution in [-0.4, -0.2) is 55.9 Å². The summed E-state index contributed by atoms with van der Waals surface area (Å²) in [7, 11) is 1.62. The first-order valence-electron chi connectivity index (χ1n) is 16.0. The molecule has 1 saturated heterocycles. The molecule has 240 valence electrons. The van der Waals surface area contributed by atoms with Crippen LogP contribution in [0.1, 0.15) is 81.3 Å². The van der Waals surface area contributed by atoms with Crippen molar-refractivity contribution < 1.29 is 23.8 Å². The van der Waals surface area contributed by atoms with Crippen molar-refractivity contribution in [3.8, 4) is 11.5 Å². The van der Waals surface area contributed by atoms with Crippen LogP contribution in [0.4, 0.5) is 10.5 Å². The minimum atomic E-state index is -0.404. The van der Waals surface area contributed by atoms with Crippen molar-refractivity contribution in [1.82, 2.24) is 10.2 Å². The number of nitrogens with zero attached hydrogens (tertiary/aromatic N) is 2. The van der Waals surface area contributed by atoms with Crippen LogP contribution in [0.2, 0.25) is 5.02 Å². The van der Waals surface area contributed by atoms with Crippen molar-refractivity contribution in [2.45, 2.75) is 77.7 Å². The van der Waals surface area contributed by atoms with E-state index < -0.39 is 6.04 Å². The highest BCUT2D eigenvalue weighted by atomic mass is 35.5. The van der Waals surface area contributed by atoms with Crippen LogP contribution in [0.5, 0.6) is 11.5 Å². The van der Waals surface area contributed by atoms with Gasteiger partial charge >= 0.3 is 6.09 Å². The molecule has 3 atom stereocenters. The molecular formula is C36H44ClN3O5. The molecule has 0 spiro atoms. The van der Waals surface area contributed by atoms with Gasteiger partial charge in [-0.2, -0.15) is 0 Å². The van der Waals surface area contributed by atoms with Crippen LogP contribution in [0, 0.1) is 0 Å². The largest absolute Gasteiger partial charge is 0.493 e. The third kappa shape index (κ3) is 7.23. The van der Waals surface area contributed by atoms with Crippen molar-refractivity contribution in [3.05, 3.63) is 87.9 Å². The number of amides is 2. The van der Waals surface area contributed by atoms with Gasteiger partial charge in [-0.05, 0) is 112 Å². The Morgan fingerprint density at radius 3 is 2.33 bits per heavy atom. The second-order valence-electron chi connectivity index (χ2n) is 11.8. The fourth-order valence-electron chi connectivity index (χ4n) is 6.15. The maximum absolute atomic E-state index is 13.9. The Kier molecular flexibility index (Phi) is 10.6. The molecule has 3 aromatic rings. The molecule has 5 rings (SSSR count). The Labute approximate surface area is 271 Å². The van der Waals surface area contributed by atoms with Crippen molar-refractivity contribution in [1.29, 1.82) is 0 Å². The van der Waals surface area contributed by atoms with Gasteiger partial charge in [0.1, 0.15) is 6.10 Å². The second kappa shape index (κ2) is 14.6. The van der Waals surface area contributed by atoms with E-state index in [9.17, 15) is 9.59 Å². The van der Waals surface area contributed by atoms with Gasteiger partial charge in [-0.3, -0.25) is 4.79 Å². The summed E-state index contributed by atoms with van der Waals surface area (Å²) in [5.74, 6) is 1.24. The first-order valence-corrected chi connectivity index (χ1v) is 16.3. The maximum atomic E-state index is 13.9. The van der Waals surface area contributed by atoms with Gasteiger partial charge in [0, 0.05) is 17.3 Å². The van der Waals surface area contributed by atoms with E-state index in [-0.39, 0.29) is 36.7 Å². The number of benzene rings is 3. The molecule has 8 nitrogen and oxygen atoms in total. The Hall–Kier alpha value is -3.75. The van der Waals surface area contributed by atoms with Gasteiger partial charge < -0.3 is 29.3 Å². The molecule has 0 saturated carbocycles. The van der Waals surface area contributed by atoms with Crippen LogP contribution in [0.15, 0.2) is 60.7 Å². The smallest absolute Gasteiger partial charge is 0.410 e. The number of piperidine rings is 1. The molecule has 2 amide bonds. The second-order valence-corrected chi connectivity index (χ2v) is 12.3. The number of halogens is 1. The quantitative estimate of drug-likeness (QED) is 0.249. The maximum Gasteiger partial charge on any atom is 0.410 e. The van der Waals surface area contributed by atoms with Gasteiger partial charge in [0.2, 0.25) is 5.91 Å². The van der Waals surface area contributed by atoms with E-state index in [1.807, 2.05) is 86.3 Å². The number of fused-ring (bicyclic) bond motifs is 1. The van der Waals surface area contributed by atoms with Gasteiger partial charge in [0.25, 0.3) is 0 Å². The fraction of sp³-hybridized carbons (Fsp3) is 0.444. The van der Waals surface area contributed by atoms with Gasteiger partial charge in [0.05, 0.1) is 31.7 Å². The Morgan fingerprint density at radius 2 is 1.71 bits per heavy atom. The normalized spacial score (nSPS) is 18.1. The number of nitrogens with one attached hydrogen (secondary N) is 1. The highest BCUT2D eigenvalue weighted by Crippen LogP contribution is 2.44. The molecular weight excluding hydrogens is 590 g/mol. The molecule has 2 heterocycles. The summed E-state index contributed by atoms with van der Waals surface area (Å²) in [6, 6.07) is 18.9. The average molecular weight is 634 g/mol. The van der Waals surface area contributed by atoms with E-state index in [1.54, 1.807) is 12.0 Å². The minimum Gasteiger partial charge on any atom is -0.493 e. The zero-order chi connectivity index (χ0) is 32.1. The first kappa shape index (κ1) is 32.6. The third-order valence-electron chi connectivity index (χ3n) is 8.93. The fourth-order valence-corrected chi connectivity index (χ4v) is 6.28. The van der Waals surface area contributed by atoms with E-state index >= 15 is 0 Å². The van der Waals surface area contributed by atoms with Crippen LogP contribution < -0.4 is 19.7 Å². The monoisotopic (exact) mass is 633 g/mol. The molecule has 9 heteroatoms. The lowest BCUT2D eigenvalue weighted by atomic mass is 9.86. The van der Waals surface area contributed by atoms with Crippen LogP contribution >= 0.6 is 11.6 Å². The number of ether oxygens (including phenoxy) is 3. The third-order valence-corrected chi connectivity index (χ3v) is 9.18. The van der Waals surface area contributed by atoms with Crippen molar-refractivity contribution in [2.24, 2.45) is 0 Å². The standard InChI is InChI=1S/C36H44ClN3O5/c1-6-23(3)44-33-22-31-27(20-32(33)43-5)21-34(41)40(35(31)26-8-12-28(37)13-9-26)29-14-10-25(11-15-29)24(4)39(7-2)36(42)45-30-16-18-38-19-17-30/h8-15,20,22-24,30,35,38H,6-7,16-19,21H2,1-5H3/t23-,24?,35?/m1/s1. The zero-order valence-electron chi connectivity index (χ0n) is 26.8. The number of anilines is 1. The Balaban J connectivity index is 1.47. The predicted octanol–water partition coefficient (Wildman–Crippen LogP) is 7.48. The van der Waals surface area contributed by atoms with E-state index in [2.05, 4.69) is 12.2 Å². The lowest BCUT2D eigenvalue weighted by Gasteiger charge is -2.38. The summed E-state index contributed by atoms with van der Waals surface area (Å²) in [6.45, 7) is 10.3. The highest BCUT2D eigenvalue weighted by Gasteiger charge is 2.36. The van der Waals surface area contributed by atoms with Gasteiger partial charge in [-0.25, -0.2) is 4.79 Å². The molecule has 1 fully saturated rings. The minimum absolute atomic E-state index is 0.00133. The zero-order valence-corrected chi connectivity index (χ0v) is 27.6. The van der Waals surface area contributed by atoms with Crippen LogP contribution in [-0.2, 0) is 16.0 Å². The number of carbonyl (C=O) groups is 2. The number of hydrogen-bond acceptors (Lipinski definition) is 6. The van der Waals surface area contributed by atoms with Crippen molar-refractivity contribution >= 4 is 29.3 Å². The number of methoxy groups -OCH3 is 1. The van der Waals surface area contributed by atoms with Crippen LogP contribution in [0.25, 0.3) is 0 Å². The van der Waals surface area contributed by atoms with Crippen molar-refractivity contribution in [3.63, 3.8) is 0 Å². The Bertz CT molecular complexity index is 1470. The lowest BCUT2D eigenvalue weighted by molar-refractivity contribution is -0.118. The summed E-state index contributed by atoms with van der Waals surface area (Å²) in [5, 5.41) is 3.93. The Morgan fingerprint density at radius 1 is 1.02 bits per heavy atom. The molecule has 2 aliphatic heterocycles. The molecule has 2 unspecified atom stereocenters. The molecule has 0 aromatic heterocycles. The lowest BCUT2D eigenvalue weighted by Crippen LogP contribution is -2.41. The molecule has 0 aliphatic carbocycles. The number of hydrogen-bond donors (Lipinski definition) is 1. The van der Waals surface area contributed by atoms with Crippen molar-refractivity contribution in [2.75, 3.05) is 31.6 Å². The summed E-state index contributed by atoms with van der Waals surface area (Å²) in [4.78, 5) is 30.6. The van der Waals surface area contributed by atoms with Gasteiger partial charge in [0.15, 0.2) is 11.5 Å². The van der Waals surface area contributed by atoms with E-state index in [0.29, 0.717) is 23.1 Å². The topological polar surface area (TPSA) is 80.3 Å². The molecule has 2 aliphatic rings. The van der Waals surface area contributed by atoms with E-state index in [1.165, 1.54) is 0 Å². The van der Waals surface area contributed by atoms with Crippen LogP contribution in [0.3, 0.4) is 0 Å². The first-order chi connectivity index (χ1) is 21.7. The molecule has 45 heavy (non-hydrogen) atoms. The molecule has 1 N–H and O–H groups in total. The van der Waals surface area contributed by atoms with Gasteiger partial charge in [-0.15, -0.1) is 0 Å². The predicted molar refractivity (Wildman–Crippen MR) is 177 cm³/mol. The molecule has 3 aromatic carbocycles.